The van der Waals surface area contributed by atoms with Crippen LogP contribution in [0, 0.1) is 0 Å². The first kappa shape index (κ1) is 10.6. The summed E-state index contributed by atoms with van der Waals surface area (Å²) in [5, 5.41) is 17.7. The lowest BCUT2D eigenvalue weighted by molar-refractivity contribution is -0.220. The summed E-state index contributed by atoms with van der Waals surface area (Å²) in [7, 11) is 0. The Morgan fingerprint density at radius 2 is 2.36 bits per heavy atom. The number of nitrogens with zero attached hydrogens (tertiary/aromatic N) is 1. The van der Waals surface area contributed by atoms with Crippen LogP contribution in [0.5, 0.6) is 0 Å². The molecule has 5 nitrogen and oxygen atoms in total. The second-order valence-electron chi connectivity index (χ2n) is 2.90. The fourth-order valence-corrected chi connectivity index (χ4v) is 0.760. The summed E-state index contributed by atoms with van der Waals surface area (Å²) in [6, 6.07) is 5.16. The molecule has 0 fully saturated rings. The molecule has 0 aliphatic rings. The molecule has 5 heteroatoms. The number of hydrogen-bond acceptors (Lipinski definition) is 4. The fraction of sp³-hybridized carbons (Fsp3) is 0.333. The number of aliphatic hydroxyl groups is 1. The van der Waals surface area contributed by atoms with Crippen LogP contribution in [-0.2, 0) is 16.1 Å². The zero-order valence-electron chi connectivity index (χ0n) is 7.67. The maximum atomic E-state index is 10.4. The smallest absolute Gasteiger partial charge is 0.363 e. The van der Waals surface area contributed by atoms with Crippen molar-refractivity contribution in [3.8, 4) is 0 Å². The monoisotopic (exact) mass is 197 g/mol. The van der Waals surface area contributed by atoms with Gasteiger partial charge in [-0.1, -0.05) is 6.07 Å². The van der Waals surface area contributed by atoms with Crippen molar-refractivity contribution >= 4 is 5.97 Å². The largest absolute Gasteiger partial charge is 0.477 e. The maximum absolute atomic E-state index is 10.4. The third-order valence-electron chi connectivity index (χ3n) is 1.62. The molecule has 14 heavy (non-hydrogen) atoms. The second kappa shape index (κ2) is 4.17. The first-order chi connectivity index (χ1) is 6.52. The highest BCUT2D eigenvalue weighted by Gasteiger charge is 2.30. The summed E-state index contributed by atoms with van der Waals surface area (Å²) in [5.41, 5.74) is 0.564. The van der Waals surface area contributed by atoms with Crippen molar-refractivity contribution in [1.82, 2.24) is 4.98 Å². The van der Waals surface area contributed by atoms with Gasteiger partial charge in [-0.25, -0.2) is 4.79 Å². The van der Waals surface area contributed by atoms with Gasteiger partial charge in [0.2, 0.25) is 0 Å². The predicted octanol–water partition coefficient (Wildman–Crippen LogP) is 0.391. The number of hydrogen-bond donors (Lipinski definition) is 2. The number of carbonyl (C=O) groups is 1. The Morgan fingerprint density at radius 3 is 2.86 bits per heavy atom. The molecule has 0 aliphatic heterocycles. The summed E-state index contributed by atoms with van der Waals surface area (Å²) < 4.78 is 4.77. The lowest BCUT2D eigenvalue weighted by Crippen LogP contribution is -2.37. The molecule has 1 heterocycles. The average molecular weight is 197 g/mol. The van der Waals surface area contributed by atoms with Crippen LogP contribution in [0.15, 0.2) is 24.4 Å². The van der Waals surface area contributed by atoms with Gasteiger partial charge < -0.3 is 14.9 Å². The molecule has 0 aromatic carbocycles. The molecule has 1 aromatic rings. The van der Waals surface area contributed by atoms with Crippen LogP contribution < -0.4 is 0 Å². The molecule has 0 saturated heterocycles. The van der Waals surface area contributed by atoms with Crippen molar-refractivity contribution in [2.45, 2.75) is 19.3 Å². The van der Waals surface area contributed by atoms with Gasteiger partial charge in [-0.15, -0.1) is 0 Å². The molecule has 0 radical (unpaired) electrons. The molecule has 1 unspecified atom stereocenters. The summed E-state index contributed by atoms with van der Waals surface area (Å²) in [6.07, 6.45) is 1.56. The molecule has 0 aliphatic carbocycles. The van der Waals surface area contributed by atoms with Gasteiger partial charge in [-0.05, 0) is 12.1 Å². The first-order valence-electron chi connectivity index (χ1n) is 4.02. The van der Waals surface area contributed by atoms with E-state index in [1.54, 1.807) is 24.4 Å². The van der Waals surface area contributed by atoms with E-state index in [1.165, 1.54) is 0 Å². The van der Waals surface area contributed by atoms with Crippen molar-refractivity contribution in [2.75, 3.05) is 0 Å². The van der Waals surface area contributed by atoms with Crippen LogP contribution in [0.25, 0.3) is 0 Å². The van der Waals surface area contributed by atoms with Crippen molar-refractivity contribution in [1.29, 1.82) is 0 Å². The van der Waals surface area contributed by atoms with Crippen LogP contribution in [0.4, 0.5) is 0 Å². The third-order valence-corrected chi connectivity index (χ3v) is 1.62. The second-order valence-corrected chi connectivity index (χ2v) is 2.90. The van der Waals surface area contributed by atoms with Crippen LogP contribution in [0.1, 0.15) is 12.6 Å². The number of carboxylic acids is 1. The molecular weight excluding hydrogens is 186 g/mol. The summed E-state index contributed by atoms with van der Waals surface area (Å²) in [6.45, 7) is 1.03. The van der Waals surface area contributed by atoms with Crippen LogP contribution in [0.2, 0.25) is 0 Å². The van der Waals surface area contributed by atoms with Crippen LogP contribution in [0.3, 0.4) is 0 Å². The van der Waals surface area contributed by atoms with E-state index < -0.39 is 11.8 Å². The minimum absolute atomic E-state index is 0.0415. The van der Waals surface area contributed by atoms with E-state index in [9.17, 15) is 9.90 Å². The number of carboxylic acid groups (broad SMARTS) is 1. The summed E-state index contributed by atoms with van der Waals surface area (Å²) in [4.78, 5) is 14.4. The number of pyridine rings is 1. The highest BCUT2D eigenvalue weighted by atomic mass is 16.6. The van der Waals surface area contributed by atoms with E-state index in [0.29, 0.717) is 5.69 Å². The average Bonchev–Trinajstić information content (AvgIpc) is 2.16. The van der Waals surface area contributed by atoms with Gasteiger partial charge in [0.05, 0.1) is 12.3 Å². The minimum Gasteiger partial charge on any atom is -0.477 e. The molecule has 0 amide bonds. The maximum Gasteiger partial charge on any atom is 0.363 e. The summed E-state index contributed by atoms with van der Waals surface area (Å²) >= 11 is 0. The topological polar surface area (TPSA) is 79.7 Å². The van der Waals surface area contributed by atoms with E-state index in [2.05, 4.69) is 4.98 Å². The van der Waals surface area contributed by atoms with Crippen LogP contribution >= 0.6 is 0 Å². The normalized spacial score (nSPS) is 14.7. The Bertz CT molecular complexity index is 310. The molecule has 0 saturated carbocycles. The van der Waals surface area contributed by atoms with Gasteiger partial charge in [0.1, 0.15) is 0 Å². The van der Waals surface area contributed by atoms with Crippen LogP contribution in [-0.4, -0.2) is 27.0 Å². The quantitative estimate of drug-likeness (QED) is 0.682. The Labute approximate surface area is 81.0 Å². The first-order valence-corrected chi connectivity index (χ1v) is 4.02. The molecule has 2 N–H and O–H groups in total. The van der Waals surface area contributed by atoms with E-state index in [0.717, 1.165) is 6.92 Å². The van der Waals surface area contributed by atoms with Gasteiger partial charge in [0, 0.05) is 13.1 Å². The van der Waals surface area contributed by atoms with E-state index in [1.807, 2.05) is 0 Å². The SMILES string of the molecule is CC(O)(OCc1ccccn1)C(=O)O. The van der Waals surface area contributed by atoms with Crippen molar-refractivity contribution < 1.29 is 19.7 Å². The molecule has 1 aromatic heterocycles. The van der Waals surface area contributed by atoms with E-state index in [-0.39, 0.29) is 6.61 Å². The van der Waals surface area contributed by atoms with Gasteiger partial charge in [-0.3, -0.25) is 4.98 Å². The van der Waals surface area contributed by atoms with Crippen molar-refractivity contribution in [3.05, 3.63) is 30.1 Å². The number of aliphatic carboxylic acids is 1. The van der Waals surface area contributed by atoms with Gasteiger partial charge in [0.25, 0.3) is 5.79 Å². The zero-order chi connectivity index (χ0) is 10.6. The van der Waals surface area contributed by atoms with E-state index in [4.69, 9.17) is 9.84 Å². The summed E-state index contributed by atoms with van der Waals surface area (Å²) in [5.74, 6) is -3.59. The minimum atomic E-state index is -2.17. The molecule has 1 rings (SSSR count). The van der Waals surface area contributed by atoms with Crippen molar-refractivity contribution in [2.24, 2.45) is 0 Å². The Balaban J connectivity index is 2.53. The predicted molar refractivity (Wildman–Crippen MR) is 47.3 cm³/mol. The molecule has 76 valence electrons. The highest BCUT2D eigenvalue weighted by Crippen LogP contribution is 2.08. The standard InChI is InChI=1S/C9H11NO4/c1-9(13,8(11)12)14-6-7-4-2-3-5-10-7/h2-5,13H,6H2,1H3,(H,11,12). The Kier molecular flexibility index (Phi) is 3.16. The van der Waals surface area contributed by atoms with Gasteiger partial charge in [-0.2, -0.15) is 0 Å². The molecule has 0 bridgehead atoms. The zero-order valence-corrected chi connectivity index (χ0v) is 7.67. The number of rotatable bonds is 4. The van der Waals surface area contributed by atoms with Crippen molar-refractivity contribution in [3.63, 3.8) is 0 Å². The Hall–Kier alpha value is -1.46. The lowest BCUT2D eigenvalue weighted by Gasteiger charge is -2.17. The highest BCUT2D eigenvalue weighted by molar-refractivity contribution is 5.74. The third kappa shape index (κ3) is 2.79. The fourth-order valence-electron chi connectivity index (χ4n) is 0.760. The Morgan fingerprint density at radius 1 is 1.64 bits per heavy atom. The lowest BCUT2D eigenvalue weighted by atomic mass is 10.3. The van der Waals surface area contributed by atoms with Gasteiger partial charge in [0.15, 0.2) is 0 Å². The molecule has 1 atom stereocenters. The number of ether oxygens (including phenoxy) is 1. The number of aromatic nitrogens is 1. The van der Waals surface area contributed by atoms with E-state index >= 15 is 0 Å². The molecule has 0 spiro atoms. The van der Waals surface area contributed by atoms with Gasteiger partial charge >= 0.3 is 5.97 Å². The molecular formula is C9H11NO4.